The summed E-state index contributed by atoms with van der Waals surface area (Å²) in [6.07, 6.45) is 10.1. The van der Waals surface area contributed by atoms with Crippen LogP contribution in [0.5, 0.6) is 0 Å². The first-order valence-corrected chi connectivity index (χ1v) is 7.19. The Balaban J connectivity index is 4.04. The van der Waals surface area contributed by atoms with Crippen LogP contribution >= 0.6 is 0 Å². The second kappa shape index (κ2) is 8.84. The topological polar surface area (TPSA) is 0 Å². The smallest absolute Gasteiger partial charge is 0.0211 e. The molecule has 96 valence electrons. The Kier molecular flexibility index (Phi) is 8.70. The lowest BCUT2D eigenvalue weighted by Crippen LogP contribution is -2.07. The fraction of sp³-hybridized carbons (Fsp3) is 0.875. The average Bonchev–Trinajstić information content (AvgIpc) is 2.26. The number of allylic oxidation sites excluding steroid dienone is 2. The van der Waals surface area contributed by atoms with Gasteiger partial charge in [-0.05, 0) is 36.5 Å². The van der Waals surface area contributed by atoms with Gasteiger partial charge in [-0.3, -0.25) is 0 Å². The minimum Gasteiger partial charge on any atom is -0.0880 e. The van der Waals surface area contributed by atoms with Gasteiger partial charge in [0.05, 0.1) is 0 Å². The number of hydrogen-bond donors (Lipinski definition) is 0. The molecule has 0 aromatic carbocycles. The standard InChI is InChI=1S/C16H32/c1-7-10-16(13(3)4)12-9-11-15(6)14(5)8-2/h9,12-16H,7-8,10-11H2,1-6H3. The summed E-state index contributed by atoms with van der Waals surface area (Å²) >= 11 is 0. The van der Waals surface area contributed by atoms with Crippen molar-refractivity contribution in [3.63, 3.8) is 0 Å². The fourth-order valence-corrected chi connectivity index (χ4v) is 2.09. The fourth-order valence-electron chi connectivity index (χ4n) is 2.09. The van der Waals surface area contributed by atoms with Crippen LogP contribution in [-0.2, 0) is 0 Å². The zero-order chi connectivity index (χ0) is 12.6. The van der Waals surface area contributed by atoms with Crippen LogP contribution in [-0.4, -0.2) is 0 Å². The SMILES string of the molecule is CCCC(C=CCC(C)C(C)CC)C(C)C. The monoisotopic (exact) mass is 224 g/mol. The van der Waals surface area contributed by atoms with Crippen molar-refractivity contribution in [2.75, 3.05) is 0 Å². The van der Waals surface area contributed by atoms with E-state index in [1.165, 1.54) is 25.7 Å². The zero-order valence-corrected chi connectivity index (χ0v) is 12.3. The van der Waals surface area contributed by atoms with Crippen molar-refractivity contribution in [3.8, 4) is 0 Å². The maximum atomic E-state index is 2.47. The van der Waals surface area contributed by atoms with Crippen molar-refractivity contribution in [2.45, 2.75) is 67.2 Å². The largest absolute Gasteiger partial charge is 0.0880 e. The van der Waals surface area contributed by atoms with E-state index in [1.807, 2.05) is 0 Å². The quantitative estimate of drug-likeness (QED) is 0.465. The third kappa shape index (κ3) is 6.35. The summed E-state index contributed by atoms with van der Waals surface area (Å²) in [6.45, 7) is 14.0. The van der Waals surface area contributed by atoms with E-state index < -0.39 is 0 Å². The Labute approximate surface area is 104 Å². The predicted molar refractivity (Wildman–Crippen MR) is 75.6 cm³/mol. The summed E-state index contributed by atoms with van der Waals surface area (Å²) < 4.78 is 0. The highest BCUT2D eigenvalue weighted by molar-refractivity contribution is 4.91. The molecule has 0 spiro atoms. The zero-order valence-electron chi connectivity index (χ0n) is 12.3. The normalized spacial score (nSPS) is 17.9. The van der Waals surface area contributed by atoms with Gasteiger partial charge in [0.15, 0.2) is 0 Å². The molecule has 0 aliphatic carbocycles. The Hall–Kier alpha value is -0.260. The van der Waals surface area contributed by atoms with Crippen LogP contribution in [0.15, 0.2) is 12.2 Å². The van der Waals surface area contributed by atoms with E-state index in [4.69, 9.17) is 0 Å². The van der Waals surface area contributed by atoms with Crippen LogP contribution in [0.25, 0.3) is 0 Å². The van der Waals surface area contributed by atoms with Crippen LogP contribution in [0.3, 0.4) is 0 Å². The molecular weight excluding hydrogens is 192 g/mol. The van der Waals surface area contributed by atoms with E-state index in [9.17, 15) is 0 Å². The molecule has 0 aromatic rings. The summed E-state index contributed by atoms with van der Waals surface area (Å²) in [6, 6.07) is 0. The van der Waals surface area contributed by atoms with Crippen molar-refractivity contribution in [3.05, 3.63) is 12.2 Å². The van der Waals surface area contributed by atoms with Gasteiger partial charge < -0.3 is 0 Å². The van der Waals surface area contributed by atoms with Crippen molar-refractivity contribution in [2.24, 2.45) is 23.7 Å². The molecule has 0 rings (SSSR count). The molecule has 0 saturated heterocycles. The first-order chi connectivity index (χ1) is 7.52. The third-order valence-electron chi connectivity index (χ3n) is 3.98. The molecule has 0 amide bonds. The number of rotatable bonds is 8. The van der Waals surface area contributed by atoms with Crippen LogP contribution in [0.4, 0.5) is 0 Å². The number of hydrogen-bond acceptors (Lipinski definition) is 0. The predicted octanol–water partition coefficient (Wildman–Crippen LogP) is 5.69. The molecule has 3 unspecified atom stereocenters. The van der Waals surface area contributed by atoms with Gasteiger partial charge in [0.1, 0.15) is 0 Å². The van der Waals surface area contributed by atoms with E-state index in [1.54, 1.807) is 0 Å². The van der Waals surface area contributed by atoms with Crippen LogP contribution < -0.4 is 0 Å². The van der Waals surface area contributed by atoms with Gasteiger partial charge in [-0.25, -0.2) is 0 Å². The summed E-state index contributed by atoms with van der Waals surface area (Å²) in [5, 5.41) is 0. The molecule has 0 bridgehead atoms. The molecular formula is C16H32. The van der Waals surface area contributed by atoms with Gasteiger partial charge in [0.25, 0.3) is 0 Å². The highest BCUT2D eigenvalue weighted by Crippen LogP contribution is 2.22. The van der Waals surface area contributed by atoms with Crippen molar-refractivity contribution >= 4 is 0 Å². The molecule has 3 atom stereocenters. The molecule has 0 aliphatic heterocycles. The molecule has 16 heavy (non-hydrogen) atoms. The lowest BCUT2D eigenvalue weighted by atomic mass is 9.88. The summed E-state index contributed by atoms with van der Waals surface area (Å²) in [5.74, 6) is 3.26. The van der Waals surface area contributed by atoms with E-state index >= 15 is 0 Å². The molecule has 0 radical (unpaired) electrons. The second-order valence-corrected chi connectivity index (χ2v) is 5.72. The summed E-state index contributed by atoms with van der Waals surface area (Å²) in [7, 11) is 0. The lowest BCUT2D eigenvalue weighted by molar-refractivity contribution is 0.377. The molecule has 0 heterocycles. The minimum atomic E-state index is 0.786. The third-order valence-corrected chi connectivity index (χ3v) is 3.98. The minimum absolute atomic E-state index is 0.786. The van der Waals surface area contributed by atoms with Crippen LogP contribution in [0.2, 0.25) is 0 Å². The second-order valence-electron chi connectivity index (χ2n) is 5.72. The molecule has 0 aliphatic rings. The Morgan fingerprint density at radius 2 is 1.56 bits per heavy atom. The lowest BCUT2D eigenvalue weighted by Gasteiger charge is -2.18. The van der Waals surface area contributed by atoms with E-state index in [2.05, 4.69) is 53.7 Å². The maximum absolute atomic E-state index is 2.47. The first kappa shape index (κ1) is 15.7. The van der Waals surface area contributed by atoms with Gasteiger partial charge in [0.2, 0.25) is 0 Å². The van der Waals surface area contributed by atoms with Crippen LogP contribution in [0, 0.1) is 23.7 Å². The summed E-state index contributed by atoms with van der Waals surface area (Å²) in [5.41, 5.74) is 0. The Morgan fingerprint density at radius 3 is 2.00 bits per heavy atom. The molecule has 0 N–H and O–H groups in total. The van der Waals surface area contributed by atoms with Crippen molar-refractivity contribution in [1.82, 2.24) is 0 Å². The van der Waals surface area contributed by atoms with E-state index in [0.717, 1.165) is 23.7 Å². The molecule has 0 heteroatoms. The van der Waals surface area contributed by atoms with E-state index in [-0.39, 0.29) is 0 Å². The maximum Gasteiger partial charge on any atom is -0.0211 e. The van der Waals surface area contributed by atoms with Crippen molar-refractivity contribution < 1.29 is 0 Å². The molecule has 0 fully saturated rings. The van der Waals surface area contributed by atoms with Gasteiger partial charge in [-0.1, -0.05) is 66.5 Å². The van der Waals surface area contributed by atoms with E-state index in [0.29, 0.717) is 0 Å². The highest BCUT2D eigenvalue weighted by Gasteiger charge is 2.10. The van der Waals surface area contributed by atoms with Gasteiger partial charge in [-0.2, -0.15) is 0 Å². The van der Waals surface area contributed by atoms with Crippen LogP contribution in [0.1, 0.15) is 67.2 Å². The van der Waals surface area contributed by atoms with Gasteiger partial charge in [-0.15, -0.1) is 0 Å². The first-order valence-electron chi connectivity index (χ1n) is 7.19. The van der Waals surface area contributed by atoms with Gasteiger partial charge in [0, 0.05) is 0 Å². The Morgan fingerprint density at radius 1 is 0.938 bits per heavy atom. The average molecular weight is 224 g/mol. The molecule has 0 nitrogen and oxygen atoms in total. The van der Waals surface area contributed by atoms with Crippen molar-refractivity contribution in [1.29, 1.82) is 0 Å². The Bertz CT molecular complexity index is 178. The summed E-state index contributed by atoms with van der Waals surface area (Å²) in [4.78, 5) is 0. The molecule has 0 saturated carbocycles. The molecule has 0 aromatic heterocycles. The highest BCUT2D eigenvalue weighted by atomic mass is 14.2. The van der Waals surface area contributed by atoms with Gasteiger partial charge >= 0.3 is 0 Å².